The molecule has 0 amide bonds. The fraction of sp³-hybridized carbons (Fsp3) is 0.389. The van der Waals surface area contributed by atoms with E-state index in [-0.39, 0.29) is 17.8 Å². The van der Waals surface area contributed by atoms with Crippen LogP contribution in [0, 0.1) is 13.8 Å². The molecule has 1 aromatic carbocycles. The van der Waals surface area contributed by atoms with Crippen molar-refractivity contribution in [2.24, 2.45) is 0 Å². The molecule has 1 unspecified atom stereocenters. The van der Waals surface area contributed by atoms with Gasteiger partial charge in [-0.2, -0.15) is 0 Å². The normalized spacial score (nSPS) is 11.8. The molecular formula is C18H23N3O3S. The van der Waals surface area contributed by atoms with Gasteiger partial charge in [-0.15, -0.1) is 16.8 Å². The number of hydrogen-bond donors (Lipinski definition) is 0. The Balaban J connectivity index is 2.18. The Labute approximate surface area is 152 Å². The molecule has 0 aliphatic heterocycles. The van der Waals surface area contributed by atoms with Gasteiger partial charge < -0.3 is 9.47 Å². The van der Waals surface area contributed by atoms with Gasteiger partial charge in [0.2, 0.25) is 0 Å². The molecular weight excluding hydrogens is 338 g/mol. The molecule has 2 rings (SSSR count). The Morgan fingerprint density at radius 1 is 1.36 bits per heavy atom. The van der Waals surface area contributed by atoms with Gasteiger partial charge in [-0.05, 0) is 44.0 Å². The fourth-order valence-electron chi connectivity index (χ4n) is 2.23. The number of aryl methyl sites for hydroxylation is 2. The smallest absolute Gasteiger partial charge is 0.316 e. The van der Waals surface area contributed by atoms with E-state index in [2.05, 4.69) is 35.4 Å². The predicted octanol–water partition coefficient (Wildman–Crippen LogP) is 3.49. The van der Waals surface area contributed by atoms with Crippen LogP contribution in [-0.2, 0) is 16.1 Å². The summed E-state index contributed by atoms with van der Waals surface area (Å²) in [6, 6.07) is 5.98. The number of ether oxygens (including phenoxy) is 2. The highest BCUT2D eigenvalue weighted by atomic mass is 32.2. The molecule has 0 aliphatic rings. The van der Waals surface area contributed by atoms with Gasteiger partial charge in [-0.25, -0.2) is 0 Å². The van der Waals surface area contributed by atoms with E-state index in [9.17, 15) is 4.79 Å². The molecule has 25 heavy (non-hydrogen) atoms. The third-order valence-electron chi connectivity index (χ3n) is 3.76. The van der Waals surface area contributed by atoms with Gasteiger partial charge in [-0.3, -0.25) is 9.36 Å². The number of nitrogens with zero attached hydrogens (tertiary/aromatic N) is 3. The van der Waals surface area contributed by atoms with E-state index in [1.54, 1.807) is 6.08 Å². The summed E-state index contributed by atoms with van der Waals surface area (Å²) in [5, 5.41) is 9.05. The van der Waals surface area contributed by atoms with Crippen LogP contribution in [0.1, 0.15) is 30.0 Å². The van der Waals surface area contributed by atoms with Gasteiger partial charge in [0, 0.05) is 6.54 Å². The van der Waals surface area contributed by atoms with E-state index in [4.69, 9.17) is 4.74 Å². The summed E-state index contributed by atoms with van der Waals surface area (Å²) in [5.74, 6) is 1.34. The number of methoxy groups -OCH3 is 1. The van der Waals surface area contributed by atoms with Gasteiger partial charge in [0.1, 0.15) is 5.75 Å². The summed E-state index contributed by atoms with van der Waals surface area (Å²) in [6.45, 7) is 10.3. The summed E-state index contributed by atoms with van der Waals surface area (Å²) in [4.78, 5) is 11.4. The lowest BCUT2D eigenvalue weighted by Crippen LogP contribution is -2.13. The zero-order valence-corrected chi connectivity index (χ0v) is 15.8. The van der Waals surface area contributed by atoms with E-state index in [0.717, 1.165) is 5.75 Å². The molecule has 0 aliphatic carbocycles. The molecule has 0 saturated carbocycles. The highest BCUT2D eigenvalue weighted by Crippen LogP contribution is 2.26. The predicted molar refractivity (Wildman–Crippen MR) is 97.9 cm³/mol. The van der Waals surface area contributed by atoms with Crippen molar-refractivity contribution in [3.05, 3.63) is 47.8 Å². The van der Waals surface area contributed by atoms with Crippen molar-refractivity contribution < 1.29 is 14.3 Å². The Hall–Kier alpha value is -2.28. The first-order chi connectivity index (χ1) is 12.0. The van der Waals surface area contributed by atoms with Crippen molar-refractivity contribution in [2.45, 2.75) is 38.6 Å². The zero-order chi connectivity index (χ0) is 18.4. The minimum atomic E-state index is -0.306. The van der Waals surface area contributed by atoms with Crippen LogP contribution in [0.3, 0.4) is 0 Å². The van der Waals surface area contributed by atoms with Crippen molar-refractivity contribution >= 4 is 17.7 Å². The number of benzene rings is 1. The fourth-order valence-corrected chi connectivity index (χ4v) is 3.02. The molecule has 2 aromatic rings. The lowest BCUT2D eigenvalue weighted by molar-refractivity contribution is -0.137. The highest BCUT2D eigenvalue weighted by molar-refractivity contribution is 7.99. The SMILES string of the molecule is C=CCn1c(SCC(=O)OC)nnc1C(C)Oc1ccc(C)c(C)c1. The van der Waals surface area contributed by atoms with E-state index >= 15 is 0 Å². The quantitative estimate of drug-likeness (QED) is 0.407. The van der Waals surface area contributed by atoms with Crippen LogP contribution >= 0.6 is 11.8 Å². The molecule has 0 fully saturated rings. The third kappa shape index (κ3) is 4.85. The van der Waals surface area contributed by atoms with Crippen molar-refractivity contribution in [1.82, 2.24) is 14.8 Å². The number of carbonyl (C=O) groups is 1. The van der Waals surface area contributed by atoms with Gasteiger partial charge >= 0.3 is 5.97 Å². The summed E-state index contributed by atoms with van der Waals surface area (Å²) < 4.78 is 12.6. The van der Waals surface area contributed by atoms with Crippen molar-refractivity contribution in [3.8, 4) is 5.75 Å². The second kappa shape index (κ2) is 8.71. The van der Waals surface area contributed by atoms with Crippen LogP contribution in [0.4, 0.5) is 0 Å². The van der Waals surface area contributed by atoms with E-state index in [1.807, 2.05) is 29.7 Å². The number of thioether (sulfide) groups is 1. The minimum Gasteiger partial charge on any atom is -0.483 e. The molecule has 134 valence electrons. The first-order valence-corrected chi connectivity index (χ1v) is 8.92. The summed E-state index contributed by atoms with van der Waals surface area (Å²) in [6.07, 6.45) is 1.47. The number of rotatable bonds is 8. The minimum absolute atomic E-state index is 0.179. The largest absolute Gasteiger partial charge is 0.483 e. The van der Waals surface area contributed by atoms with Crippen LogP contribution in [0.5, 0.6) is 5.75 Å². The second-order valence-corrected chi connectivity index (χ2v) is 6.55. The summed E-state index contributed by atoms with van der Waals surface area (Å²) in [5.41, 5.74) is 2.39. The Kier molecular flexibility index (Phi) is 6.64. The Morgan fingerprint density at radius 3 is 2.76 bits per heavy atom. The first-order valence-electron chi connectivity index (χ1n) is 7.93. The number of hydrogen-bond acceptors (Lipinski definition) is 6. The molecule has 1 heterocycles. The molecule has 0 N–H and O–H groups in total. The summed E-state index contributed by atoms with van der Waals surface area (Å²) >= 11 is 1.28. The molecule has 0 radical (unpaired) electrons. The molecule has 7 heteroatoms. The third-order valence-corrected chi connectivity index (χ3v) is 4.70. The lowest BCUT2D eigenvalue weighted by Gasteiger charge is -2.16. The van der Waals surface area contributed by atoms with E-state index < -0.39 is 0 Å². The molecule has 0 bridgehead atoms. The maximum Gasteiger partial charge on any atom is 0.316 e. The average Bonchev–Trinajstić information content (AvgIpc) is 2.99. The monoisotopic (exact) mass is 361 g/mol. The highest BCUT2D eigenvalue weighted by Gasteiger charge is 2.20. The lowest BCUT2D eigenvalue weighted by atomic mass is 10.1. The second-order valence-electron chi connectivity index (χ2n) is 5.61. The number of aromatic nitrogens is 3. The maximum atomic E-state index is 11.4. The number of carbonyl (C=O) groups excluding carboxylic acids is 1. The maximum absolute atomic E-state index is 11.4. The zero-order valence-electron chi connectivity index (χ0n) is 15.0. The van der Waals surface area contributed by atoms with Gasteiger partial charge in [0.05, 0.1) is 12.9 Å². The number of esters is 1. The molecule has 6 nitrogen and oxygen atoms in total. The number of allylic oxidation sites excluding steroid dienone is 1. The van der Waals surface area contributed by atoms with Crippen molar-refractivity contribution in [1.29, 1.82) is 0 Å². The van der Waals surface area contributed by atoms with Gasteiger partial charge in [-0.1, -0.05) is 23.9 Å². The Morgan fingerprint density at radius 2 is 2.12 bits per heavy atom. The topological polar surface area (TPSA) is 66.2 Å². The molecule has 1 atom stereocenters. The molecule has 0 spiro atoms. The average molecular weight is 361 g/mol. The Bertz CT molecular complexity index is 758. The molecule has 1 aromatic heterocycles. The first kappa shape index (κ1) is 19.1. The van der Waals surface area contributed by atoms with Gasteiger partial charge in [0.25, 0.3) is 0 Å². The van der Waals surface area contributed by atoms with E-state index in [0.29, 0.717) is 17.5 Å². The van der Waals surface area contributed by atoms with Crippen molar-refractivity contribution in [3.63, 3.8) is 0 Å². The summed E-state index contributed by atoms with van der Waals surface area (Å²) in [7, 11) is 1.36. The van der Waals surface area contributed by atoms with Crippen LogP contribution in [0.15, 0.2) is 36.0 Å². The van der Waals surface area contributed by atoms with Crippen LogP contribution in [0.2, 0.25) is 0 Å². The van der Waals surface area contributed by atoms with Crippen LogP contribution < -0.4 is 4.74 Å². The molecule has 0 saturated heterocycles. The van der Waals surface area contributed by atoms with Crippen molar-refractivity contribution in [2.75, 3.05) is 12.9 Å². The van der Waals surface area contributed by atoms with E-state index in [1.165, 1.54) is 30.0 Å². The van der Waals surface area contributed by atoms with Crippen LogP contribution in [0.25, 0.3) is 0 Å². The van der Waals surface area contributed by atoms with Crippen LogP contribution in [-0.4, -0.2) is 33.6 Å². The van der Waals surface area contributed by atoms with Gasteiger partial charge in [0.15, 0.2) is 17.1 Å². The standard InChI is InChI=1S/C18H23N3O3S/c1-6-9-21-17(19-20-18(21)25-11-16(22)23-5)14(4)24-15-8-7-12(2)13(3)10-15/h6-8,10,14H,1,9,11H2,2-5H3.